The van der Waals surface area contributed by atoms with Crippen LogP contribution in [-0.2, 0) is 0 Å². The fourth-order valence-corrected chi connectivity index (χ4v) is 0.479. The molecular formula is C5H7N2O. The van der Waals surface area contributed by atoms with Gasteiger partial charge in [0, 0.05) is 12.6 Å². The number of H-pyrrole nitrogens is 1. The van der Waals surface area contributed by atoms with Crippen molar-refractivity contribution in [2.45, 2.75) is 0 Å². The van der Waals surface area contributed by atoms with Crippen molar-refractivity contribution in [3.8, 4) is 0 Å². The number of hydrogen-bond donors (Lipinski definition) is 2. The van der Waals surface area contributed by atoms with Crippen LogP contribution in [0, 0.1) is 6.42 Å². The third-order valence-electron chi connectivity index (χ3n) is 0.823. The summed E-state index contributed by atoms with van der Waals surface area (Å²) < 4.78 is 0. The van der Waals surface area contributed by atoms with Gasteiger partial charge in [0.05, 0.1) is 12.3 Å². The van der Waals surface area contributed by atoms with Gasteiger partial charge in [-0.1, -0.05) is 0 Å². The molecular weight excluding hydrogens is 104 g/mol. The summed E-state index contributed by atoms with van der Waals surface area (Å²) >= 11 is 0. The predicted molar refractivity (Wildman–Crippen MR) is 29.1 cm³/mol. The molecule has 0 amide bonds. The minimum absolute atomic E-state index is 0.0465. The van der Waals surface area contributed by atoms with Gasteiger partial charge in [-0.25, -0.2) is 0 Å². The Hall–Kier alpha value is -0.830. The normalized spacial score (nSPS) is 9.62. The largest absolute Gasteiger partial charge is 0.396 e. The van der Waals surface area contributed by atoms with E-state index < -0.39 is 0 Å². The Bertz CT molecular complexity index is 136. The summed E-state index contributed by atoms with van der Waals surface area (Å²) in [6.45, 7) is 0.0465. The summed E-state index contributed by atoms with van der Waals surface area (Å²) in [5.41, 5.74) is 0.785. The standard InChI is InChI=1S/C5H7N2O/c8-4-2-5-1-3-6-7-5/h1-3,8H,4H2,(H,6,7). The Morgan fingerprint density at radius 1 is 1.88 bits per heavy atom. The van der Waals surface area contributed by atoms with Crippen LogP contribution in [0.4, 0.5) is 0 Å². The predicted octanol–water partition coefficient (Wildman–Crippen LogP) is -0.0456. The average Bonchev–Trinajstić information content (AvgIpc) is 2.19. The molecule has 1 rings (SSSR count). The van der Waals surface area contributed by atoms with Crippen molar-refractivity contribution < 1.29 is 5.11 Å². The van der Waals surface area contributed by atoms with Crippen LogP contribution in [-0.4, -0.2) is 21.9 Å². The van der Waals surface area contributed by atoms with Crippen LogP contribution >= 0.6 is 0 Å². The average molecular weight is 111 g/mol. The van der Waals surface area contributed by atoms with Crippen LogP contribution in [0.25, 0.3) is 0 Å². The highest BCUT2D eigenvalue weighted by Crippen LogP contribution is 1.92. The van der Waals surface area contributed by atoms with Crippen LogP contribution in [0.3, 0.4) is 0 Å². The quantitative estimate of drug-likeness (QED) is 0.562. The van der Waals surface area contributed by atoms with Gasteiger partial charge >= 0.3 is 0 Å². The van der Waals surface area contributed by atoms with Crippen LogP contribution in [0.1, 0.15) is 5.69 Å². The highest BCUT2D eigenvalue weighted by molar-refractivity contribution is 5.08. The summed E-state index contributed by atoms with van der Waals surface area (Å²) in [6.07, 6.45) is 3.33. The number of aromatic nitrogens is 2. The molecule has 0 aliphatic carbocycles. The lowest BCUT2D eigenvalue weighted by molar-refractivity contribution is 0.330. The highest BCUT2D eigenvalue weighted by atomic mass is 16.3. The number of nitrogens with zero attached hydrogens (tertiary/aromatic N) is 1. The molecule has 0 aliphatic heterocycles. The van der Waals surface area contributed by atoms with Gasteiger partial charge in [0.15, 0.2) is 0 Å². The first-order chi connectivity index (χ1) is 3.93. The van der Waals surface area contributed by atoms with E-state index in [1.54, 1.807) is 18.7 Å². The lowest BCUT2D eigenvalue weighted by Crippen LogP contribution is -1.85. The zero-order chi connectivity index (χ0) is 5.82. The zero-order valence-electron chi connectivity index (χ0n) is 4.33. The Balaban J connectivity index is 2.50. The van der Waals surface area contributed by atoms with Gasteiger partial charge in [0.2, 0.25) is 0 Å². The summed E-state index contributed by atoms with van der Waals surface area (Å²) in [5, 5.41) is 14.7. The molecule has 0 saturated heterocycles. The van der Waals surface area contributed by atoms with Gasteiger partial charge < -0.3 is 5.11 Å². The van der Waals surface area contributed by atoms with Gasteiger partial charge in [-0.2, -0.15) is 5.10 Å². The number of aliphatic hydroxyl groups is 1. The molecule has 0 bridgehead atoms. The van der Waals surface area contributed by atoms with Crippen molar-refractivity contribution in [2.75, 3.05) is 6.61 Å². The van der Waals surface area contributed by atoms with E-state index in [4.69, 9.17) is 5.11 Å². The van der Waals surface area contributed by atoms with E-state index in [0.717, 1.165) is 5.69 Å². The first-order valence-electron chi connectivity index (χ1n) is 2.37. The van der Waals surface area contributed by atoms with E-state index in [-0.39, 0.29) is 6.61 Å². The smallest absolute Gasteiger partial charge is 0.0683 e. The van der Waals surface area contributed by atoms with Crippen molar-refractivity contribution in [3.63, 3.8) is 0 Å². The Morgan fingerprint density at radius 3 is 3.25 bits per heavy atom. The second kappa shape index (κ2) is 2.47. The summed E-state index contributed by atoms with van der Waals surface area (Å²) in [5.74, 6) is 0. The number of rotatable bonds is 2. The van der Waals surface area contributed by atoms with Gasteiger partial charge in [0.25, 0.3) is 0 Å². The molecule has 1 radical (unpaired) electrons. The summed E-state index contributed by atoms with van der Waals surface area (Å²) in [7, 11) is 0. The Morgan fingerprint density at radius 2 is 2.75 bits per heavy atom. The first-order valence-corrected chi connectivity index (χ1v) is 2.37. The van der Waals surface area contributed by atoms with E-state index in [9.17, 15) is 0 Å². The molecule has 2 N–H and O–H groups in total. The molecule has 3 nitrogen and oxygen atoms in total. The van der Waals surface area contributed by atoms with E-state index in [0.29, 0.717) is 0 Å². The van der Waals surface area contributed by atoms with E-state index in [1.807, 2.05) is 0 Å². The molecule has 1 heterocycles. The van der Waals surface area contributed by atoms with Crippen LogP contribution in [0.15, 0.2) is 12.3 Å². The third-order valence-corrected chi connectivity index (χ3v) is 0.823. The third kappa shape index (κ3) is 1.07. The van der Waals surface area contributed by atoms with E-state index in [1.165, 1.54) is 0 Å². The first kappa shape index (κ1) is 5.31. The fourth-order valence-electron chi connectivity index (χ4n) is 0.479. The van der Waals surface area contributed by atoms with Gasteiger partial charge in [0.1, 0.15) is 0 Å². The molecule has 1 aromatic rings. The van der Waals surface area contributed by atoms with Gasteiger partial charge in [-0.3, -0.25) is 5.10 Å². The van der Waals surface area contributed by atoms with Crippen LogP contribution in [0.5, 0.6) is 0 Å². The van der Waals surface area contributed by atoms with Gasteiger partial charge in [-0.05, 0) is 6.07 Å². The minimum Gasteiger partial charge on any atom is -0.396 e. The van der Waals surface area contributed by atoms with Crippen molar-refractivity contribution in [3.05, 3.63) is 24.4 Å². The topological polar surface area (TPSA) is 48.9 Å². The Labute approximate surface area is 47.4 Å². The van der Waals surface area contributed by atoms with Crippen LogP contribution in [0.2, 0.25) is 0 Å². The van der Waals surface area contributed by atoms with Gasteiger partial charge in [-0.15, -0.1) is 0 Å². The molecule has 0 fully saturated rings. The maximum Gasteiger partial charge on any atom is 0.0683 e. The molecule has 0 atom stereocenters. The molecule has 0 spiro atoms. The number of aliphatic hydroxyl groups excluding tert-OH is 1. The van der Waals surface area contributed by atoms with Crippen molar-refractivity contribution in [1.82, 2.24) is 10.2 Å². The molecule has 0 saturated carbocycles. The maximum atomic E-state index is 8.33. The fraction of sp³-hybridized carbons (Fsp3) is 0.200. The molecule has 1 aromatic heterocycles. The zero-order valence-corrected chi connectivity index (χ0v) is 4.33. The van der Waals surface area contributed by atoms with E-state index in [2.05, 4.69) is 10.2 Å². The SMILES string of the molecule is OC[CH]c1cc[nH]n1. The Kier molecular flexibility index (Phi) is 1.64. The molecule has 3 heteroatoms. The molecule has 0 aromatic carbocycles. The molecule has 43 valence electrons. The van der Waals surface area contributed by atoms with Crippen molar-refractivity contribution in [2.24, 2.45) is 0 Å². The second-order valence-corrected chi connectivity index (χ2v) is 1.39. The van der Waals surface area contributed by atoms with Crippen molar-refractivity contribution >= 4 is 0 Å². The summed E-state index contributed by atoms with van der Waals surface area (Å²) in [4.78, 5) is 0. The second-order valence-electron chi connectivity index (χ2n) is 1.39. The number of aromatic amines is 1. The minimum atomic E-state index is 0.0465. The van der Waals surface area contributed by atoms with Crippen molar-refractivity contribution in [1.29, 1.82) is 0 Å². The van der Waals surface area contributed by atoms with Crippen LogP contribution < -0.4 is 0 Å². The summed E-state index contributed by atoms with van der Waals surface area (Å²) in [6, 6.07) is 1.79. The number of hydrogen-bond acceptors (Lipinski definition) is 2. The molecule has 0 unspecified atom stereocenters. The molecule has 8 heavy (non-hydrogen) atoms. The lowest BCUT2D eigenvalue weighted by atomic mass is 10.3. The number of nitrogens with one attached hydrogen (secondary N) is 1. The maximum absolute atomic E-state index is 8.33. The van der Waals surface area contributed by atoms with E-state index >= 15 is 0 Å². The lowest BCUT2D eigenvalue weighted by Gasteiger charge is -1.83. The molecule has 0 aliphatic rings. The monoisotopic (exact) mass is 111 g/mol. The highest BCUT2D eigenvalue weighted by Gasteiger charge is 1.89.